The van der Waals surface area contributed by atoms with Crippen LogP contribution in [-0.4, -0.2) is 28.8 Å². The largest absolute Gasteiger partial charge is 0.338 e. The molecule has 5 nitrogen and oxygen atoms in total. The second kappa shape index (κ2) is 8.33. The molecule has 0 aliphatic heterocycles. The number of halogens is 2. The van der Waals surface area contributed by atoms with Crippen molar-refractivity contribution in [2.45, 2.75) is 5.75 Å². The van der Waals surface area contributed by atoms with Gasteiger partial charge < -0.3 is 9.42 Å². The number of rotatable bonds is 6. The van der Waals surface area contributed by atoms with Gasteiger partial charge in [-0.3, -0.25) is 4.79 Å². The first-order valence-corrected chi connectivity index (χ1v) is 9.24. The van der Waals surface area contributed by atoms with Crippen molar-refractivity contribution < 1.29 is 13.7 Å². The number of amides is 1. The van der Waals surface area contributed by atoms with Crippen LogP contribution in [0.5, 0.6) is 0 Å². The van der Waals surface area contributed by atoms with Crippen molar-refractivity contribution in [3.63, 3.8) is 0 Å². The lowest BCUT2D eigenvalue weighted by Crippen LogP contribution is -2.27. The van der Waals surface area contributed by atoms with Crippen molar-refractivity contribution in [1.29, 1.82) is 0 Å². The number of hydrogen-bond acceptors (Lipinski definition) is 5. The van der Waals surface area contributed by atoms with Gasteiger partial charge >= 0.3 is 0 Å². The van der Waals surface area contributed by atoms with Gasteiger partial charge in [0.25, 0.3) is 0 Å². The van der Waals surface area contributed by atoms with E-state index in [9.17, 15) is 9.18 Å². The molecule has 0 bridgehead atoms. The van der Waals surface area contributed by atoms with E-state index in [-0.39, 0.29) is 17.5 Å². The molecule has 1 heterocycles. The molecule has 134 valence electrons. The highest BCUT2D eigenvalue weighted by atomic mass is 35.5. The zero-order valence-electron chi connectivity index (χ0n) is 13.9. The molecule has 1 aromatic heterocycles. The average molecular weight is 392 g/mol. The molecule has 8 heteroatoms. The van der Waals surface area contributed by atoms with Crippen molar-refractivity contribution in [3.8, 4) is 11.4 Å². The average Bonchev–Trinajstić information content (AvgIpc) is 3.11. The van der Waals surface area contributed by atoms with Crippen LogP contribution in [0, 0.1) is 5.82 Å². The molecular weight excluding hydrogens is 377 g/mol. The van der Waals surface area contributed by atoms with Gasteiger partial charge in [0.05, 0.1) is 11.5 Å². The third-order valence-corrected chi connectivity index (χ3v) is 4.76. The van der Waals surface area contributed by atoms with E-state index in [2.05, 4.69) is 10.1 Å². The summed E-state index contributed by atoms with van der Waals surface area (Å²) >= 11 is 7.23. The van der Waals surface area contributed by atoms with E-state index in [1.165, 1.54) is 28.8 Å². The number of carbonyl (C=O) groups excluding carboxylic acids is 1. The first kappa shape index (κ1) is 18.4. The van der Waals surface area contributed by atoms with Gasteiger partial charge in [0.1, 0.15) is 5.82 Å². The molecule has 3 aromatic rings. The molecule has 2 aromatic carbocycles. The highest BCUT2D eigenvalue weighted by Gasteiger charge is 2.13. The Balaban J connectivity index is 1.52. The number of aromatic nitrogens is 2. The van der Waals surface area contributed by atoms with Crippen LogP contribution >= 0.6 is 23.4 Å². The Morgan fingerprint density at radius 2 is 1.88 bits per heavy atom. The standard InChI is InChI=1S/C18H15ClFN3O2S/c1-23(15-8-6-14(20)7-9-15)17(24)11-26-10-16-21-18(22-25-16)12-2-4-13(19)5-3-12/h2-9H,10-11H2,1H3. The maximum Gasteiger partial charge on any atom is 0.236 e. The minimum atomic E-state index is -0.336. The highest BCUT2D eigenvalue weighted by Crippen LogP contribution is 2.21. The zero-order chi connectivity index (χ0) is 18.5. The van der Waals surface area contributed by atoms with Crippen LogP contribution in [0.4, 0.5) is 10.1 Å². The predicted octanol–water partition coefficient (Wildman–Crippen LogP) is 4.43. The highest BCUT2D eigenvalue weighted by molar-refractivity contribution is 7.99. The monoisotopic (exact) mass is 391 g/mol. The summed E-state index contributed by atoms with van der Waals surface area (Å²) in [5.74, 6) is 1.15. The van der Waals surface area contributed by atoms with Crippen molar-refractivity contribution in [1.82, 2.24) is 10.1 Å². The van der Waals surface area contributed by atoms with E-state index >= 15 is 0 Å². The Labute approximate surface area is 159 Å². The van der Waals surface area contributed by atoms with Crippen LogP contribution in [0.1, 0.15) is 5.89 Å². The fourth-order valence-electron chi connectivity index (χ4n) is 2.16. The van der Waals surface area contributed by atoms with E-state index in [0.717, 1.165) is 5.56 Å². The molecule has 0 saturated heterocycles. The van der Waals surface area contributed by atoms with Gasteiger partial charge in [-0.2, -0.15) is 4.98 Å². The van der Waals surface area contributed by atoms with E-state index < -0.39 is 0 Å². The fourth-order valence-corrected chi connectivity index (χ4v) is 3.05. The van der Waals surface area contributed by atoms with Crippen molar-refractivity contribution >= 4 is 35.0 Å². The van der Waals surface area contributed by atoms with Gasteiger partial charge in [-0.1, -0.05) is 16.8 Å². The smallest absolute Gasteiger partial charge is 0.236 e. The van der Waals surface area contributed by atoms with Crippen LogP contribution in [-0.2, 0) is 10.5 Å². The summed E-state index contributed by atoms with van der Waals surface area (Å²) in [7, 11) is 1.65. The molecule has 0 aliphatic carbocycles. The second-order valence-corrected chi connectivity index (χ2v) is 6.86. The van der Waals surface area contributed by atoms with E-state index in [1.54, 1.807) is 31.3 Å². The van der Waals surface area contributed by atoms with Crippen LogP contribution in [0.3, 0.4) is 0 Å². The summed E-state index contributed by atoms with van der Waals surface area (Å²) in [5, 5.41) is 4.57. The zero-order valence-corrected chi connectivity index (χ0v) is 15.4. The Morgan fingerprint density at radius 3 is 2.58 bits per heavy atom. The van der Waals surface area contributed by atoms with Gasteiger partial charge in [0, 0.05) is 23.3 Å². The SMILES string of the molecule is CN(C(=O)CSCc1nc(-c2ccc(Cl)cc2)no1)c1ccc(F)cc1. The summed E-state index contributed by atoms with van der Waals surface area (Å²) in [4.78, 5) is 18.0. The van der Waals surface area contributed by atoms with Crippen molar-refractivity contribution in [2.24, 2.45) is 0 Å². The number of nitrogens with zero attached hydrogens (tertiary/aromatic N) is 3. The van der Waals surface area contributed by atoms with Crippen molar-refractivity contribution in [3.05, 3.63) is 65.3 Å². The van der Waals surface area contributed by atoms with Crippen molar-refractivity contribution in [2.75, 3.05) is 17.7 Å². The summed E-state index contributed by atoms with van der Waals surface area (Å²) in [6, 6.07) is 12.9. The first-order chi connectivity index (χ1) is 12.5. The van der Waals surface area contributed by atoms with Crippen LogP contribution in [0.2, 0.25) is 5.02 Å². The molecule has 0 fully saturated rings. The van der Waals surface area contributed by atoms with E-state index in [0.29, 0.717) is 28.2 Å². The number of anilines is 1. The van der Waals surface area contributed by atoms with E-state index in [1.807, 2.05) is 12.1 Å². The number of carbonyl (C=O) groups is 1. The third kappa shape index (κ3) is 4.62. The van der Waals surface area contributed by atoms with E-state index in [4.69, 9.17) is 16.1 Å². The molecule has 0 saturated carbocycles. The van der Waals surface area contributed by atoms with Crippen LogP contribution < -0.4 is 4.90 Å². The van der Waals surface area contributed by atoms with Gasteiger partial charge in [-0.05, 0) is 48.5 Å². The lowest BCUT2D eigenvalue weighted by atomic mass is 10.2. The lowest BCUT2D eigenvalue weighted by molar-refractivity contribution is -0.115. The predicted molar refractivity (Wildman–Crippen MR) is 101 cm³/mol. The summed E-state index contributed by atoms with van der Waals surface area (Å²) in [5.41, 5.74) is 1.45. The van der Waals surface area contributed by atoms with Gasteiger partial charge in [0.15, 0.2) is 0 Å². The Bertz CT molecular complexity index is 884. The normalized spacial score (nSPS) is 10.7. The lowest BCUT2D eigenvalue weighted by Gasteiger charge is -2.16. The van der Waals surface area contributed by atoms with Crippen LogP contribution in [0.15, 0.2) is 53.1 Å². The molecule has 0 radical (unpaired) electrons. The van der Waals surface area contributed by atoms with Gasteiger partial charge in [-0.25, -0.2) is 4.39 Å². The van der Waals surface area contributed by atoms with Gasteiger partial charge in [-0.15, -0.1) is 11.8 Å². The minimum absolute atomic E-state index is 0.0981. The topological polar surface area (TPSA) is 59.2 Å². The Kier molecular flexibility index (Phi) is 5.90. The molecule has 1 amide bonds. The molecule has 0 unspecified atom stereocenters. The summed E-state index contributed by atoms with van der Waals surface area (Å²) in [6.45, 7) is 0. The third-order valence-electron chi connectivity index (χ3n) is 3.61. The molecule has 0 atom stereocenters. The maximum absolute atomic E-state index is 12.9. The first-order valence-electron chi connectivity index (χ1n) is 7.71. The number of thioether (sulfide) groups is 1. The minimum Gasteiger partial charge on any atom is -0.338 e. The fraction of sp³-hybridized carbons (Fsp3) is 0.167. The second-order valence-electron chi connectivity index (χ2n) is 5.44. The quantitative estimate of drug-likeness (QED) is 0.622. The molecule has 26 heavy (non-hydrogen) atoms. The summed E-state index contributed by atoms with van der Waals surface area (Å²) < 4.78 is 18.2. The summed E-state index contributed by atoms with van der Waals surface area (Å²) in [6.07, 6.45) is 0. The Hall–Kier alpha value is -2.38. The molecular formula is C18H15ClFN3O2S. The maximum atomic E-state index is 12.9. The Morgan fingerprint density at radius 1 is 1.19 bits per heavy atom. The molecule has 0 aliphatic rings. The number of hydrogen-bond donors (Lipinski definition) is 0. The number of benzene rings is 2. The molecule has 3 rings (SSSR count). The van der Waals surface area contributed by atoms with Crippen LogP contribution in [0.25, 0.3) is 11.4 Å². The molecule has 0 spiro atoms. The van der Waals surface area contributed by atoms with Gasteiger partial charge in [0.2, 0.25) is 17.6 Å². The molecule has 0 N–H and O–H groups in total.